The van der Waals surface area contributed by atoms with E-state index in [0.29, 0.717) is 23.6 Å². The minimum Gasteiger partial charge on any atom is -0.457 e. The second-order valence-corrected chi connectivity index (χ2v) is 7.18. The van der Waals surface area contributed by atoms with E-state index >= 15 is 0 Å². The summed E-state index contributed by atoms with van der Waals surface area (Å²) in [4.78, 5) is 11.8. The van der Waals surface area contributed by atoms with Gasteiger partial charge in [-0.1, -0.05) is 6.92 Å². The molecule has 0 radical (unpaired) electrons. The molecule has 0 saturated heterocycles. The fraction of sp³-hybridized carbons (Fsp3) is 0.235. The van der Waals surface area contributed by atoms with E-state index < -0.39 is 9.84 Å². The van der Waals surface area contributed by atoms with Gasteiger partial charge in [0.25, 0.3) is 0 Å². The van der Waals surface area contributed by atoms with Crippen molar-refractivity contribution in [3.8, 4) is 11.5 Å². The van der Waals surface area contributed by atoms with Gasteiger partial charge in [-0.05, 0) is 55.0 Å². The maximum Gasteiger partial charge on any atom is 0.224 e. The molecule has 0 aliphatic rings. The third-order valence-electron chi connectivity index (χ3n) is 3.10. The largest absolute Gasteiger partial charge is 0.457 e. The quantitative estimate of drug-likeness (QED) is 0.876. The fourth-order valence-electron chi connectivity index (χ4n) is 1.95. The maximum atomic E-state index is 11.5. The summed E-state index contributed by atoms with van der Waals surface area (Å²) >= 11 is 0. The third kappa shape index (κ3) is 5.10. The van der Waals surface area contributed by atoms with Crippen LogP contribution >= 0.6 is 0 Å². The number of sulfone groups is 1. The average Bonchev–Trinajstić information content (AvgIpc) is 2.49. The van der Waals surface area contributed by atoms with Crippen molar-refractivity contribution in [1.82, 2.24) is 0 Å². The van der Waals surface area contributed by atoms with Crippen LogP contribution in [-0.2, 0) is 14.6 Å². The van der Waals surface area contributed by atoms with Gasteiger partial charge in [-0.2, -0.15) is 0 Å². The number of anilines is 1. The maximum absolute atomic E-state index is 11.5. The van der Waals surface area contributed by atoms with Crippen LogP contribution < -0.4 is 10.1 Å². The lowest BCUT2D eigenvalue weighted by Crippen LogP contribution is -2.10. The monoisotopic (exact) mass is 333 g/mol. The van der Waals surface area contributed by atoms with E-state index in [1.807, 2.05) is 6.92 Å². The Morgan fingerprint density at radius 2 is 1.52 bits per heavy atom. The van der Waals surface area contributed by atoms with Crippen molar-refractivity contribution in [3.05, 3.63) is 48.5 Å². The summed E-state index contributed by atoms with van der Waals surface area (Å²) in [6.07, 6.45) is 2.45. The second-order valence-electron chi connectivity index (χ2n) is 5.17. The van der Waals surface area contributed by atoms with Crippen molar-refractivity contribution >= 4 is 21.4 Å². The molecule has 1 N–H and O–H groups in total. The minimum atomic E-state index is -3.21. The number of nitrogens with one attached hydrogen (secondary N) is 1. The molecule has 0 spiro atoms. The molecular formula is C17H19NO4S. The molecule has 0 aliphatic carbocycles. The topological polar surface area (TPSA) is 72.5 Å². The minimum absolute atomic E-state index is 0.0162. The van der Waals surface area contributed by atoms with Crippen LogP contribution in [0.15, 0.2) is 53.4 Å². The molecule has 1 amide bonds. The molecule has 2 aromatic rings. The van der Waals surface area contributed by atoms with Gasteiger partial charge in [0.15, 0.2) is 9.84 Å². The standard InChI is InChI=1S/C17H19NO4S/c1-3-4-17(19)18-13-5-7-14(8-6-13)22-15-9-11-16(12-10-15)23(2,20)21/h5-12H,3-4H2,1-2H3,(H,18,19). The van der Waals surface area contributed by atoms with Gasteiger partial charge in [0.2, 0.25) is 5.91 Å². The Balaban J connectivity index is 2.02. The lowest BCUT2D eigenvalue weighted by Gasteiger charge is -2.08. The van der Waals surface area contributed by atoms with Crippen molar-refractivity contribution in [1.29, 1.82) is 0 Å². The molecule has 23 heavy (non-hydrogen) atoms. The molecule has 0 atom stereocenters. The molecule has 5 nitrogen and oxygen atoms in total. The van der Waals surface area contributed by atoms with Crippen LogP contribution in [0.4, 0.5) is 5.69 Å². The summed E-state index contributed by atoms with van der Waals surface area (Å²) in [5.74, 6) is 1.13. The second kappa shape index (κ2) is 7.28. The Morgan fingerprint density at radius 1 is 1.00 bits per heavy atom. The Morgan fingerprint density at radius 3 is 2.00 bits per heavy atom. The van der Waals surface area contributed by atoms with E-state index in [4.69, 9.17) is 4.74 Å². The van der Waals surface area contributed by atoms with Crippen LogP contribution in [0, 0.1) is 0 Å². The summed E-state index contributed by atoms with van der Waals surface area (Å²) < 4.78 is 28.4. The Labute approximate surface area is 136 Å². The number of ether oxygens (including phenoxy) is 1. The summed E-state index contributed by atoms with van der Waals surface area (Å²) in [5, 5.41) is 2.80. The van der Waals surface area contributed by atoms with E-state index in [2.05, 4.69) is 5.32 Å². The molecule has 0 fully saturated rings. The molecule has 0 bridgehead atoms. The highest BCUT2D eigenvalue weighted by Gasteiger charge is 2.07. The normalized spacial score (nSPS) is 11.0. The zero-order valence-electron chi connectivity index (χ0n) is 13.1. The molecule has 0 aromatic heterocycles. The van der Waals surface area contributed by atoms with Crippen molar-refractivity contribution in [3.63, 3.8) is 0 Å². The summed E-state index contributed by atoms with van der Waals surface area (Å²) in [5.41, 5.74) is 0.711. The van der Waals surface area contributed by atoms with E-state index in [1.54, 1.807) is 36.4 Å². The number of benzene rings is 2. The number of carbonyl (C=O) groups is 1. The van der Waals surface area contributed by atoms with E-state index in [0.717, 1.165) is 12.7 Å². The summed E-state index contributed by atoms with van der Waals surface area (Å²) in [6.45, 7) is 1.95. The van der Waals surface area contributed by atoms with Crippen molar-refractivity contribution < 1.29 is 17.9 Å². The molecule has 2 aromatic carbocycles. The smallest absolute Gasteiger partial charge is 0.224 e. The predicted molar refractivity (Wildman–Crippen MR) is 89.6 cm³/mol. The summed E-state index contributed by atoms with van der Waals surface area (Å²) in [6, 6.07) is 13.2. The highest BCUT2D eigenvalue weighted by atomic mass is 32.2. The zero-order chi connectivity index (χ0) is 16.9. The Kier molecular flexibility index (Phi) is 5.39. The average molecular weight is 333 g/mol. The van der Waals surface area contributed by atoms with Gasteiger partial charge in [0.05, 0.1) is 4.90 Å². The van der Waals surface area contributed by atoms with Crippen LogP contribution in [0.5, 0.6) is 11.5 Å². The van der Waals surface area contributed by atoms with Crippen molar-refractivity contribution in [2.75, 3.05) is 11.6 Å². The predicted octanol–water partition coefficient (Wildman–Crippen LogP) is 3.62. The first-order valence-electron chi connectivity index (χ1n) is 7.26. The highest BCUT2D eigenvalue weighted by Crippen LogP contribution is 2.24. The van der Waals surface area contributed by atoms with Gasteiger partial charge in [-0.3, -0.25) is 4.79 Å². The molecular weight excluding hydrogens is 314 g/mol. The van der Waals surface area contributed by atoms with Crippen LogP contribution in [0.25, 0.3) is 0 Å². The van der Waals surface area contributed by atoms with Gasteiger partial charge in [-0.15, -0.1) is 0 Å². The lowest BCUT2D eigenvalue weighted by molar-refractivity contribution is -0.116. The number of hydrogen-bond donors (Lipinski definition) is 1. The number of rotatable bonds is 6. The number of carbonyl (C=O) groups excluding carboxylic acids is 1. The van der Waals surface area contributed by atoms with Gasteiger partial charge in [0, 0.05) is 18.4 Å². The third-order valence-corrected chi connectivity index (χ3v) is 4.23. The molecule has 0 saturated carbocycles. The summed E-state index contributed by atoms with van der Waals surface area (Å²) in [7, 11) is -3.21. The molecule has 6 heteroatoms. The molecule has 0 aliphatic heterocycles. The SMILES string of the molecule is CCCC(=O)Nc1ccc(Oc2ccc(S(C)(=O)=O)cc2)cc1. The lowest BCUT2D eigenvalue weighted by atomic mass is 10.2. The van der Waals surface area contributed by atoms with Gasteiger partial charge in [-0.25, -0.2) is 8.42 Å². The first-order chi connectivity index (χ1) is 10.9. The van der Waals surface area contributed by atoms with Crippen LogP contribution in [0.1, 0.15) is 19.8 Å². The number of amides is 1. The van der Waals surface area contributed by atoms with Gasteiger partial charge >= 0.3 is 0 Å². The van der Waals surface area contributed by atoms with E-state index in [1.165, 1.54) is 12.1 Å². The van der Waals surface area contributed by atoms with Gasteiger partial charge < -0.3 is 10.1 Å². The molecule has 0 unspecified atom stereocenters. The molecule has 122 valence electrons. The van der Waals surface area contributed by atoms with Crippen LogP contribution in [-0.4, -0.2) is 20.6 Å². The Bertz CT molecular complexity index is 765. The first-order valence-corrected chi connectivity index (χ1v) is 9.15. The molecule has 2 rings (SSSR count). The Hall–Kier alpha value is -2.34. The van der Waals surface area contributed by atoms with Gasteiger partial charge in [0.1, 0.15) is 11.5 Å². The zero-order valence-corrected chi connectivity index (χ0v) is 13.9. The fourth-order valence-corrected chi connectivity index (χ4v) is 2.58. The first kappa shape index (κ1) is 17.0. The van der Waals surface area contributed by atoms with Crippen LogP contribution in [0.3, 0.4) is 0 Å². The van der Waals surface area contributed by atoms with Crippen molar-refractivity contribution in [2.45, 2.75) is 24.7 Å². The van der Waals surface area contributed by atoms with Crippen molar-refractivity contribution in [2.24, 2.45) is 0 Å². The molecule has 0 heterocycles. The van der Waals surface area contributed by atoms with E-state index in [-0.39, 0.29) is 10.8 Å². The number of hydrogen-bond acceptors (Lipinski definition) is 4. The highest BCUT2D eigenvalue weighted by molar-refractivity contribution is 7.90. The van der Waals surface area contributed by atoms with Crippen LogP contribution in [0.2, 0.25) is 0 Å². The van der Waals surface area contributed by atoms with E-state index in [9.17, 15) is 13.2 Å².